The fraction of sp³-hybridized carbons (Fsp3) is 0.250. The molecule has 70 valence electrons. The van der Waals surface area contributed by atoms with Crippen LogP contribution in [0.25, 0.3) is 10.9 Å². The molecular formula is C12H11NO. The molecule has 0 bridgehead atoms. The maximum absolute atomic E-state index is 11.7. The summed E-state index contributed by atoms with van der Waals surface area (Å²) >= 11 is 0. The topological polar surface area (TPSA) is 32.9 Å². The third-order valence-corrected chi connectivity index (χ3v) is 2.74. The highest BCUT2D eigenvalue weighted by atomic mass is 16.1. The minimum absolute atomic E-state index is 0.279. The quantitative estimate of drug-likeness (QED) is 0.717. The van der Waals surface area contributed by atoms with Crippen molar-refractivity contribution >= 4 is 16.7 Å². The second-order valence-electron chi connectivity index (χ2n) is 3.91. The van der Waals surface area contributed by atoms with E-state index in [1.54, 1.807) is 0 Å². The Labute approximate surface area is 81.9 Å². The zero-order valence-electron chi connectivity index (χ0n) is 7.79. The van der Waals surface area contributed by atoms with Gasteiger partial charge in [-0.1, -0.05) is 18.2 Å². The summed E-state index contributed by atoms with van der Waals surface area (Å²) in [4.78, 5) is 14.9. The number of ketones is 1. The molecule has 1 aliphatic carbocycles. The van der Waals surface area contributed by atoms with Crippen LogP contribution >= 0.6 is 0 Å². The van der Waals surface area contributed by atoms with Crippen LogP contribution in [0.4, 0.5) is 0 Å². The number of para-hydroxylation sites is 1. The molecule has 2 aromatic rings. The van der Waals surface area contributed by atoms with E-state index in [0.717, 1.165) is 29.4 Å². The number of benzene rings is 1. The van der Waals surface area contributed by atoms with Gasteiger partial charge in [0.1, 0.15) is 0 Å². The van der Waals surface area contributed by atoms with E-state index in [9.17, 15) is 4.79 Å². The average Bonchev–Trinajstić information content (AvgIpc) is 2.95. The molecule has 0 aliphatic heterocycles. The molecule has 1 heterocycles. The van der Waals surface area contributed by atoms with Gasteiger partial charge < -0.3 is 4.98 Å². The number of hydrogen-bond donors (Lipinski definition) is 1. The lowest BCUT2D eigenvalue weighted by Gasteiger charge is -1.91. The third-order valence-electron chi connectivity index (χ3n) is 2.74. The van der Waals surface area contributed by atoms with E-state index in [0.29, 0.717) is 5.92 Å². The first-order chi connectivity index (χ1) is 6.84. The summed E-state index contributed by atoms with van der Waals surface area (Å²) in [6.45, 7) is 0. The average molecular weight is 185 g/mol. The molecule has 0 unspecified atom stereocenters. The molecule has 1 aromatic heterocycles. The zero-order valence-corrected chi connectivity index (χ0v) is 7.79. The van der Waals surface area contributed by atoms with Gasteiger partial charge in [0, 0.05) is 16.8 Å². The van der Waals surface area contributed by atoms with Crippen molar-refractivity contribution in [3.05, 3.63) is 36.0 Å². The van der Waals surface area contributed by atoms with Gasteiger partial charge in [0.2, 0.25) is 0 Å². The Bertz CT molecular complexity index is 461. The van der Waals surface area contributed by atoms with E-state index < -0.39 is 0 Å². The Morgan fingerprint density at radius 2 is 2.07 bits per heavy atom. The Kier molecular flexibility index (Phi) is 1.51. The molecule has 1 saturated carbocycles. The second-order valence-corrected chi connectivity index (χ2v) is 3.91. The molecule has 14 heavy (non-hydrogen) atoms. The molecule has 0 atom stereocenters. The molecule has 3 rings (SSSR count). The number of aromatic amines is 1. The first kappa shape index (κ1) is 7.80. The summed E-state index contributed by atoms with van der Waals surface area (Å²) < 4.78 is 0. The molecule has 1 aliphatic rings. The standard InChI is InChI=1S/C12H11NO/c14-12(8-5-6-8)11-7-9-3-1-2-4-10(9)13-11/h1-4,7-8,13H,5-6H2. The Hall–Kier alpha value is -1.57. The van der Waals surface area contributed by atoms with Crippen LogP contribution in [0.5, 0.6) is 0 Å². The highest BCUT2D eigenvalue weighted by Crippen LogP contribution is 2.33. The van der Waals surface area contributed by atoms with E-state index in [2.05, 4.69) is 4.98 Å². The summed E-state index contributed by atoms with van der Waals surface area (Å²) in [6.07, 6.45) is 2.13. The van der Waals surface area contributed by atoms with Gasteiger partial charge in [0.25, 0.3) is 0 Å². The highest BCUT2D eigenvalue weighted by molar-refractivity contribution is 6.01. The number of aromatic nitrogens is 1. The smallest absolute Gasteiger partial charge is 0.182 e. The number of rotatable bonds is 2. The normalized spacial score (nSPS) is 16.0. The van der Waals surface area contributed by atoms with Crippen molar-refractivity contribution in [2.24, 2.45) is 5.92 Å². The van der Waals surface area contributed by atoms with E-state index in [1.165, 1.54) is 0 Å². The van der Waals surface area contributed by atoms with Crippen LogP contribution in [-0.2, 0) is 0 Å². The highest BCUT2D eigenvalue weighted by Gasteiger charge is 2.31. The van der Waals surface area contributed by atoms with Crippen molar-refractivity contribution in [2.75, 3.05) is 0 Å². The number of nitrogens with one attached hydrogen (secondary N) is 1. The van der Waals surface area contributed by atoms with Crippen LogP contribution in [0.3, 0.4) is 0 Å². The van der Waals surface area contributed by atoms with Crippen LogP contribution in [0.1, 0.15) is 23.3 Å². The van der Waals surface area contributed by atoms with E-state index in [4.69, 9.17) is 0 Å². The van der Waals surface area contributed by atoms with E-state index in [-0.39, 0.29) is 5.78 Å². The minimum Gasteiger partial charge on any atom is -0.352 e. The van der Waals surface area contributed by atoms with Gasteiger partial charge in [-0.2, -0.15) is 0 Å². The molecule has 0 radical (unpaired) electrons. The van der Waals surface area contributed by atoms with Gasteiger partial charge in [-0.3, -0.25) is 4.79 Å². The van der Waals surface area contributed by atoms with E-state index in [1.807, 2.05) is 30.3 Å². The van der Waals surface area contributed by atoms with Crippen LogP contribution in [0.2, 0.25) is 0 Å². The number of hydrogen-bond acceptors (Lipinski definition) is 1. The number of carbonyl (C=O) groups excluding carboxylic acids is 1. The van der Waals surface area contributed by atoms with Crippen molar-refractivity contribution in [3.63, 3.8) is 0 Å². The van der Waals surface area contributed by atoms with Crippen molar-refractivity contribution < 1.29 is 4.79 Å². The fourth-order valence-corrected chi connectivity index (χ4v) is 1.77. The van der Waals surface area contributed by atoms with Crippen molar-refractivity contribution in [2.45, 2.75) is 12.8 Å². The Morgan fingerprint density at radius 1 is 1.29 bits per heavy atom. The molecule has 1 fully saturated rings. The minimum atomic E-state index is 0.279. The summed E-state index contributed by atoms with van der Waals surface area (Å²) in [5, 5.41) is 1.12. The van der Waals surface area contributed by atoms with E-state index >= 15 is 0 Å². The first-order valence-corrected chi connectivity index (χ1v) is 4.96. The van der Waals surface area contributed by atoms with Gasteiger partial charge in [0.05, 0.1) is 5.69 Å². The van der Waals surface area contributed by atoms with Crippen LogP contribution < -0.4 is 0 Å². The van der Waals surface area contributed by atoms with Crippen LogP contribution in [0.15, 0.2) is 30.3 Å². The molecule has 0 saturated heterocycles. The summed E-state index contributed by atoms with van der Waals surface area (Å²) in [7, 11) is 0. The van der Waals surface area contributed by atoms with Crippen molar-refractivity contribution in [3.8, 4) is 0 Å². The lowest BCUT2D eigenvalue weighted by molar-refractivity contribution is 0.0963. The Morgan fingerprint density at radius 3 is 2.79 bits per heavy atom. The maximum atomic E-state index is 11.7. The van der Waals surface area contributed by atoms with Crippen molar-refractivity contribution in [1.29, 1.82) is 0 Å². The maximum Gasteiger partial charge on any atom is 0.182 e. The summed E-state index contributed by atoms with van der Waals surface area (Å²) in [5.41, 5.74) is 1.82. The van der Waals surface area contributed by atoms with Gasteiger partial charge in [-0.25, -0.2) is 0 Å². The number of H-pyrrole nitrogens is 1. The monoisotopic (exact) mass is 185 g/mol. The number of Topliss-reactive ketones (excluding diaryl/α,β-unsaturated/α-hetero) is 1. The summed E-state index contributed by atoms with van der Waals surface area (Å²) in [6, 6.07) is 9.94. The molecule has 0 spiro atoms. The predicted octanol–water partition coefficient (Wildman–Crippen LogP) is 2.76. The summed E-state index contributed by atoms with van der Waals surface area (Å²) in [5.74, 6) is 0.573. The molecule has 2 nitrogen and oxygen atoms in total. The molecule has 1 N–H and O–H groups in total. The predicted molar refractivity (Wildman–Crippen MR) is 55.4 cm³/mol. The molecule has 0 amide bonds. The van der Waals surface area contributed by atoms with Gasteiger partial charge in [0.15, 0.2) is 5.78 Å². The van der Waals surface area contributed by atoms with Crippen LogP contribution in [0, 0.1) is 5.92 Å². The zero-order chi connectivity index (χ0) is 9.54. The third kappa shape index (κ3) is 1.15. The Balaban J connectivity index is 2.09. The van der Waals surface area contributed by atoms with Gasteiger partial charge in [-0.05, 0) is 25.0 Å². The van der Waals surface area contributed by atoms with Crippen molar-refractivity contribution in [1.82, 2.24) is 4.98 Å². The molecule has 2 heteroatoms. The SMILES string of the molecule is O=C(c1cc2ccccc2[nH]1)C1CC1. The van der Waals surface area contributed by atoms with Crippen LogP contribution in [-0.4, -0.2) is 10.8 Å². The lowest BCUT2D eigenvalue weighted by Crippen LogP contribution is -2.00. The molecular weight excluding hydrogens is 174 g/mol. The first-order valence-electron chi connectivity index (χ1n) is 4.96. The largest absolute Gasteiger partial charge is 0.352 e. The van der Waals surface area contributed by atoms with Gasteiger partial charge >= 0.3 is 0 Å². The number of carbonyl (C=O) groups is 1. The lowest BCUT2D eigenvalue weighted by atomic mass is 10.2. The molecule has 1 aromatic carbocycles. The fourth-order valence-electron chi connectivity index (χ4n) is 1.77. The second kappa shape index (κ2) is 2.71. The number of fused-ring (bicyclic) bond motifs is 1. The van der Waals surface area contributed by atoms with Gasteiger partial charge in [-0.15, -0.1) is 0 Å².